The second-order valence-corrected chi connectivity index (χ2v) is 10.3. The van der Waals surface area contributed by atoms with Gasteiger partial charge in [0.1, 0.15) is 22.7 Å². The summed E-state index contributed by atoms with van der Waals surface area (Å²) < 4.78 is 12.6. The van der Waals surface area contributed by atoms with Gasteiger partial charge in [0, 0.05) is 30.7 Å². The van der Waals surface area contributed by atoms with E-state index in [1.165, 1.54) is 12.4 Å². The average Bonchev–Trinajstić information content (AvgIpc) is 3.55. The molecule has 6 rings (SSSR count). The van der Waals surface area contributed by atoms with E-state index in [0.29, 0.717) is 53.3 Å². The van der Waals surface area contributed by atoms with Gasteiger partial charge in [0.15, 0.2) is 0 Å². The summed E-state index contributed by atoms with van der Waals surface area (Å²) in [5.41, 5.74) is 3.11. The number of ether oxygens (including phenoxy) is 1. The molecule has 0 saturated heterocycles. The zero-order chi connectivity index (χ0) is 28.7. The fraction of sp³-hybridized carbons (Fsp3) is 0.241. The highest BCUT2D eigenvalue weighted by molar-refractivity contribution is 6.38. The van der Waals surface area contributed by atoms with Gasteiger partial charge in [-0.25, -0.2) is 4.98 Å². The molecule has 1 aliphatic rings. The molecule has 41 heavy (non-hydrogen) atoms. The first-order valence-electron chi connectivity index (χ1n) is 13.0. The Labute approximate surface area is 239 Å². The zero-order valence-electron chi connectivity index (χ0n) is 22.6. The highest BCUT2D eigenvalue weighted by Gasteiger charge is 2.51. The van der Waals surface area contributed by atoms with Crippen molar-refractivity contribution < 1.29 is 18.8 Å². The summed E-state index contributed by atoms with van der Waals surface area (Å²) in [6, 6.07) is 13.4. The summed E-state index contributed by atoms with van der Waals surface area (Å²) in [6.45, 7) is 3.80. The van der Waals surface area contributed by atoms with E-state index in [2.05, 4.69) is 30.7 Å². The number of nitrogens with one attached hydrogen (secondary N) is 2. The molecule has 0 spiro atoms. The van der Waals surface area contributed by atoms with Gasteiger partial charge in [-0.05, 0) is 55.7 Å². The van der Waals surface area contributed by atoms with Gasteiger partial charge < -0.3 is 24.5 Å². The van der Waals surface area contributed by atoms with E-state index in [0.717, 1.165) is 22.2 Å². The molecule has 11 nitrogen and oxygen atoms in total. The lowest BCUT2D eigenvalue weighted by Crippen LogP contribution is -2.49. The van der Waals surface area contributed by atoms with Crippen LogP contribution < -0.4 is 15.4 Å². The Bertz CT molecular complexity index is 1770. The van der Waals surface area contributed by atoms with Gasteiger partial charge in [-0.2, -0.15) is 4.98 Å². The molecule has 208 valence electrons. The van der Waals surface area contributed by atoms with Crippen LogP contribution in [0.4, 0.5) is 0 Å². The molecule has 0 radical (unpaired) electrons. The number of carbonyl (C=O) groups is 2. The number of rotatable bonds is 8. The molecule has 0 unspecified atom stereocenters. The fourth-order valence-electron chi connectivity index (χ4n) is 4.66. The van der Waals surface area contributed by atoms with Crippen LogP contribution in [0, 0.1) is 13.8 Å². The highest BCUT2D eigenvalue weighted by Crippen LogP contribution is 2.40. The van der Waals surface area contributed by atoms with E-state index in [1.54, 1.807) is 21.0 Å². The number of nitrogens with zero attached hydrogens (tertiary/aromatic N) is 5. The van der Waals surface area contributed by atoms with E-state index in [1.807, 2.05) is 47.0 Å². The molecule has 1 aliphatic carbocycles. The predicted octanol–water partition coefficient (Wildman–Crippen LogP) is 4.33. The van der Waals surface area contributed by atoms with E-state index in [4.69, 9.17) is 20.9 Å². The number of benzene rings is 2. The number of hydrogen-bond acceptors (Lipinski definition) is 8. The normalized spacial score (nSPS) is 13.7. The Morgan fingerprint density at radius 3 is 2.51 bits per heavy atom. The van der Waals surface area contributed by atoms with Gasteiger partial charge in [-0.1, -0.05) is 28.9 Å². The van der Waals surface area contributed by atoms with Crippen LogP contribution in [0.25, 0.3) is 28.1 Å². The fourth-order valence-corrected chi connectivity index (χ4v) is 4.98. The molecule has 1 fully saturated rings. The molecule has 2 amide bonds. The maximum Gasteiger partial charge on any atom is 0.272 e. The Balaban J connectivity index is 1.21. The minimum absolute atomic E-state index is 0.177. The number of fused-ring (bicyclic) bond motifs is 1. The third-order valence-electron chi connectivity index (χ3n) is 7.05. The number of methoxy groups -OCH3 is 1. The summed E-state index contributed by atoms with van der Waals surface area (Å²) >= 11 is 6.85. The SMILES string of the molecule is COc1ccc2c(c1)c(Cl)c(-c1noc(C)n1)n2-c1ccc(CNC(=O)C2(NC(=O)c3cnc(C)cn3)CC2)cc1. The molecule has 0 aliphatic heterocycles. The maximum atomic E-state index is 13.0. The van der Waals surface area contributed by atoms with Gasteiger partial charge in [0.25, 0.3) is 5.91 Å². The number of hydrogen-bond donors (Lipinski definition) is 2. The minimum Gasteiger partial charge on any atom is -0.497 e. The van der Waals surface area contributed by atoms with Crippen molar-refractivity contribution in [2.45, 2.75) is 38.8 Å². The Morgan fingerprint density at radius 2 is 1.88 bits per heavy atom. The van der Waals surface area contributed by atoms with Gasteiger partial charge in [-0.15, -0.1) is 0 Å². The number of aryl methyl sites for hydroxylation is 2. The highest BCUT2D eigenvalue weighted by atomic mass is 35.5. The molecule has 2 N–H and O–H groups in total. The molecule has 2 aromatic carbocycles. The molecule has 0 atom stereocenters. The van der Waals surface area contributed by atoms with Crippen molar-refractivity contribution in [3.05, 3.63) is 82.7 Å². The molecule has 0 bridgehead atoms. The number of carbonyl (C=O) groups excluding carboxylic acids is 2. The first kappa shape index (κ1) is 26.5. The second-order valence-electron chi connectivity index (χ2n) is 9.95. The third-order valence-corrected chi connectivity index (χ3v) is 7.43. The Hall–Kier alpha value is -4.77. The van der Waals surface area contributed by atoms with Crippen molar-refractivity contribution in [1.29, 1.82) is 0 Å². The number of halogens is 1. The van der Waals surface area contributed by atoms with Crippen LogP contribution in [-0.4, -0.2) is 49.1 Å². The van der Waals surface area contributed by atoms with Crippen LogP contribution in [0.5, 0.6) is 5.75 Å². The van der Waals surface area contributed by atoms with Crippen LogP contribution in [0.15, 0.2) is 59.4 Å². The quantitative estimate of drug-likeness (QED) is 0.281. The second kappa shape index (κ2) is 10.3. The molecule has 5 aromatic rings. The van der Waals surface area contributed by atoms with Crippen molar-refractivity contribution in [1.82, 2.24) is 35.3 Å². The van der Waals surface area contributed by atoms with Crippen molar-refractivity contribution in [2.24, 2.45) is 0 Å². The molecular weight excluding hydrogens is 546 g/mol. The predicted molar refractivity (Wildman–Crippen MR) is 151 cm³/mol. The Kier molecular flexibility index (Phi) is 6.66. The van der Waals surface area contributed by atoms with Crippen molar-refractivity contribution in [3.8, 4) is 23.0 Å². The molecule has 3 heterocycles. The standard InChI is InChI=1S/C29H26ClN7O4/c1-16-13-32-22(15-31-16)27(38)35-29(10-11-29)28(39)33-14-18-4-6-19(7-5-18)37-23-9-8-20(40-3)12-21(23)24(30)25(37)26-34-17(2)41-36-26/h4-9,12-13,15H,10-11,14H2,1-3H3,(H,33,39)(H,35,38). The summed E-state index contributed by atoms with van der Waals surface area (Å²) in [7, 11) is 1.60. The van der Waals surface area contributed by atoms with Gasteiger partial charge in [-0.3, -0.25) is 14.6 Å². The smallest absolute Gasteiger partial charge is 0.272 e. The van der Waals surface area contributed by atoms with Crippen LogP contribution in [0.3, 0.4) is 0 Å². The third kappa shape index (κ3) is 5.00. The minimum atomic E-state index is -0.928. The van der Waals surface area contributed by atoms with Gasteiger partial charge >= 0.3 is 0 Å². The largest absolute Gasteiger partial charge is 0.497 e. The van der Waals surface area contributed by atoms with Crippen LogP contribution >= 0.6 is 11.6 Å². The van der Waals surface area contributed by atoms with Crippen LogP contribution in [0.1, 0.15) is 40.5 Å². The summed E-state index contributed by atoms with van der Waals surface area (Å²) in [5, 5.41) is 11.1. The number of amides is 2. The van der Waals surface area contributed by atoms with Crippen LogP contribution in [-0.2, 0) is 11.3 Å². The van der Waals surface area contributed by atoms with E-state index in [9.17, 15) is 9.59 Å². The van der Waals surface area contributed by atoms with E-state index < -0.39 is 11.4 Å². The van der Waals surface area contributed by atoms with Crippen molar-refractivity contribution in [2.75, 3.05) is 7.11 Å². The maximum absolute atomic E-state index is 13.0. The summed E-state index contributed by atoms with van der Waals surface area (Å²) in [5.74, 6) is 0.814. The molecule has 12 heteroatoms. The lowest BCUT2D eigenvalue weighted by atomic mass is 10.1. The topological polar surface area (TPSA) is 137 Å². The molecule has 3 aromatic heterocycles. The number of aromatic nitrogens is 5. The van der Waals surface area contributed by atoms with E-state index >= 15 is 0 Å². The zero-order valence-corrected chi connectivity index (χ0v) is 23.3. The van der Waals surface area contributed by atoms with Crippen molar-refractivity contribution in [3.63, 3.8) is 0 Å². The first-order valence-corrected chi connectivity index (χ1v) is 13.3. The monoisotopic (exact) mass is 571 g/mol. The molecular formula is C29H26ClN7O4. The lowest BCUT2D eigenvalue weighted by Gasteiger charge is -2.17. The van der Waals surface area contributed by atoms with Gasteiger partial charge in [0.2, 0.25) is 17.6 Å². The lowest BCUT2D eigenvalue weighted by molar-refractivity contribution is -0.124. The summed E-state index contributed by atoms with van der Waals surface area (Å²) in [6.07, 6.45) is 4.05. The van der Waals surface area contributed by atoms with Crippen molar-refractivity contribution >= 4 is 34.3 Å². The average molecular weight is 572 g/mol. The van der Waals surface area contributed by atoms with Crippen LogP contribution in [0.2, 0.25) is 5.02 Å². The van der Waals surface area contributed by atoms with Gasteiger partial charge in [0.05, 0.1) is 29.5 Å². The Morgan fingerprint density at radius 1 is 1.10 bits per heavy atom. The first-order chi connectivity index (χ1) is 19.8. The summed E-state index contributed by atoms with van der Waals surface area (Å²) in [4.78, 5) is 38.2. The van der Waals surface area contributed by atoms with E-state index in [-0.39, 0.29) is 11.6 Å². The molecule has 1 saturated carbocycles.